The average molecular weight is 475 g/mol. The molecular weight excluding hydrogens is 444 g/mol. The van der Waals surface area contributed by atoms with Crippen molar-refractivity contribution in [2.24, 2.45) is 7.05 Å². The lowest BCUT2D eigenvalue weighted by molar-refractivity contribution is -0.0200. The quantitative estimate of drug-likeness (QED) is 0.445. The van der Waals surface area contributed by atoms with E-state index in [2.05, 4.69) is 27.5 Å². The summed E-state index contributed by atoms with van der Waals surface area (Å²) in [6, 6.07) is 9.09. The second-order valence-corrected chi connectivity index (χ2v) is 9.78. The Morgan fingerprint density at radius 1 is 0.943 bits per heavy atom. The molecule has 0 N–H and O–H groups in total. The fourth-order valence-corrected chi connectivity index (χ4v) is 5.85. The highest BCUT2D eigenvalue weighted by Gasteiger charge is 2.38. The van der Waals surface area contributed by atoms with Gasteiger partial charge in [0.2, 0.25) is 5.95 Å². The Morgan fingerprint density at radius 2 is 1.71 bits per heavy atom. The molecule has 182 valence electrons. The number of hydrogen-bond donors (Lipinski definition) is 0. The molecule has 4 aromatic rings. The van der Waals surface area contributed by atoms with Gasteiger partial charge in [0, 0.05) is 32.2 Å². The second-order valence-electron chi connectivity index (χ2n) is 9.78. The van der Waals surface area contributed by atoms with Gasteiger partial charge in [-0.1, -0.05) is 12.1 Å². The lowest BCUT2D eigenvalue weighted by atomic mass is 10.2. The molecule has 3 aliphatic heterocycles. The van der Waals surface area contributed by atoms with Crippen molar-refractivity contribution in [2.45, 2.75) is 38.4 Å². The van der Waals surface area contributed by atoms with Gasteiger partial charge < -0.3 is 18.9 Å². The van der Waals surface area contributed by atoms with Gasteiger partial charge in [0.15, 0.2) is 17.0 Å². The number of aromatic nitrogens is 6. The van der Waals surface area contributed by atoms with Crippen LogP contribution in [0, 0.1) is 6.92 Å². The van der Waals surface area contributed by atoms with Crippen molar-refractivity contribution in [3.05, 3.63) is 35.9 Å². The van der Waals surface area contributed by atoms with E-state index in [1.807, 2.05) is 29.7 Å². The van der Waals surface area contributed by atoms with Gasteiger partial charge in [0.25, 0.3) is 0 Å². The van der Waals surface area contributed by atoms with Gasteiger partial charge in [-0.25, -0.2) is 9.97 Å². The molecule has 1 aromatic carbocycles. The molecular formula is C25H30N8O2. The minimum absolute atomic E-state index is 0.480. The first-order valence-corrected chi connectivity index (χ1v) is 12.5. The van der Waals surface area contributed by atoms with Crippen molar-refractivity contribution in [1.29, 1.82) is 0 Å². The van der Waals surface area contributed by atoms with Crippen molar-refractivity contribution in [3.63, 3.8) is 0 Å². The van der Waals surface area contributed by atoms with Crippen molar-refractivity contribution in [1.82, 2.24) is 34.0 Å². The van der Waals surface area contributed by atoms with Crippen LogP contribution < -0.4 is 4.90 Å². The average Bonchev–Trinajstić information content (AvgIpc) is 3.45. The third kappa shape index (κ3) is 3.42. The first-order chi connectivity index (χ1) is 17.2. The van der Waals surface area contributed by atoms with E-state index in [-0.39, 0.29) is 0 Å². The summed E-state index contributed by atoms with van der Waals surface area (Å²) in [5.41, 5.74) is 3.65. The zero-order valence-corrected chi connectivity index (χ0v) is 20.2. The summed E-state index contributed by atoms with van der Waals surface area (Å²) in [5.74, 6) is 3.39. The number of para-hydroxylation sites is 2. The molecule has 6 heterocycles. The van der Waals surface area contributed by atoms with Crippen molar-refractivity contribution >= 4 is 28.0 Å². The van der Waals surface area contributed by atoms with Crippen LogP contribution in [0.15, 0.2) is 24.3 Å². The molecule has 0 aliphatic carbocycles. The zero-order chi connectivity index (χ0) is 23.5. The van der Waals surface area contributed by atoms with Gasteiger partial charge in [-0.05, 0) is 31.9 Å². The van der Waals surface area contributed by atoms with E-state index in [1.54, 1.807) is 0 Å². The first kappa shape index (κ1) is 21.2. The van der Waals surface area contributed by atoms with E-state index in [4.69, 9.17) is 29.4 Å². The number of morpholine rings is 2. The van der Waals surface area contributed by atoms with Crippen LogP contribution in [-0.4, -0.2) is 85.6 Å². The number of fused-ring (bicyclic) bond motifs is 4. The molecule has 0 spiro atoms. The largest absolute Gasteiger partial charge is 0.378 e. The number of anilines is 1. The van der Waals surface area contributed by atoms with Crippen LogP contribution in [0.5, 0.6) is 0 Å². The maximum atomic E-state index is 5.80. The third-order valence-electron chi connectivity index (χ3n) is 7.74. The fourth-order valence-electron chi connectivity index (χ4n) is 5.85. The summed E-state index contributed by atoms with van der Waals surface area (Å²) >= 11 is 0. The maximum absolute atomic E-state index is 5.80. The van der Waals surface area contributed by atoms with Crippen LogP contribution in [0.2, 0.25) is 0 Å². The highest BCUT2D eigenvalue weighted by atomic mass is 16.5. The predicted octanol–water partition coefficient (Wildman–Crippen LogP) is 2.21. The number of aryl methyl sites for hydroxylation is 2. The van der Waals surface area contributed by atoms with Crippen molar-refractivity contribution in [3.8, 4) is 5.95 Å². The highest BCUT2D eigenvalue weighted by Crippen LogP contribution is 2.32. The van der Waals surface area contributed by atoms with Crippen LogP contribution in [0.4, 0.5) is 5.82 Å². The van der Waals surface area contributed by atoms with Crippen LogP contribution in [0.25, 0.3) is 28.1 Å². The number of benzene rings is 1. The summed E-state index contributed by atoms with van der Waals surface area (Å²) in [6.07, 6.45) is 2.40. The van der Waals surface area contributed by atoms with E-state index >= 15 is 0 Å². The Bertz CT molecular complexity index is 1390. The smallest absolute Gasteiger partial charge is 0.239 e. The molecule has 10 heteroatoms. The fraction of sp³-hybridized carbons (Fsp3) is 0.520. The topological polar surface area (TPSA) is 86.4 Å². The number of imidazole rings is 2. The van der Waals surface area contributed by atoms with Crippen LogP contribution >= 0.6 is 0 Å². The first-order valence-electron chi connectivity index (χ1n) is 12.5. The lowest BCUT2D eigenvalue weighted by Crippen LogP contribution is -2.45. The number of hydrogen-bond acceptors (Lipinski definition) is 8. The van der Waals surface area contributed by atoms with Crippen LogP contribution in [-0.2, 0) is 23.1 Å². The van der Waals surface area contributed by atoms with Gasteiger partial charge in [0.1, 0.15) is 11.6 Å². The molecule has 35 heavy (non-hydrogen) atoms. The third-order valence-corrected chi connectivity index (χ3v) is 7.74. The normalized spacial score (nSPS) is 23.1. The van der Waals surface area contributed by atoms with Crippen LogP contribution in [0.1, 0.15) is 24.5 Å². The van der Waals surface area contributed by atoms with Crippen molar-refractivity contribution < 1.29 is 9.47 Å². The molecule has 2 bridgehead atoms. The molecule has 3 fully saturated rings. The number of rotatable bonds is 4. The monoisotopic (exact) mass is 474 g/mol. The number of ether oxygens (including phenoxy) is 2. The van der Waals surface area contributed by atoms with Gasteiger partial charge in [-0.2, -0.15) is 9.97 Å². The van der Waals surface area contributed by atoms with E-state index in [0.717, 1.165) is 72.5 Å². The predicted molar refractivity (Wildman–Crippen MR) is 132 cm³/mol. The maximum Gasteiger partial charge on any atom is 0.239 e. The summed E-state index contributed by atoms with van der Waals surface area (Å²) in [4.78, 5) is 24.9. The minimum atomic E-state index is 0.480. The summed E-state index contributed by atoms with van der Waals surface area (Å²) in [5, 5.41) is 0. The SMILES string of the molecule is Cc1nc2ccccc2n1-c1nc(N2CCOCC2)c2nc(CN3C4CCC3COC4)n(C)c2n1. The molecule has 0 radical (unpaired) electrons. The molecule has 2 atom stereocenters. The molecule has 3 aromatic heterocycles. The molecule has 3 aliphatic rings. The molecule has 2 unspecified atom stereocenters. The van der Waals surface area contributed by atoms with E-state index in [0.29, 0.717) is 31.2 Å². The summed E-state index contributed by atoms with van der Waals surface area (Å²) < 4.78 is 15.6. The Morgan fingerprint density at radius 3 is 2.51 bits per heavy atom. The van der Waals surface area contributed by atoms with Gasteiger partial charge >= 0.3 is 0 Å². The Hall–Kier alpha value is -3.08. The molecule has 10 nitrogen and oxygen atoms in total. The minimum Gasteiger partial charge on any atom is -0.378 e. The number of nitrogens with zero attached hydrogens (tertiary/aromatic N) is 8. The van der Waals surface area contributed by atoms with Gasteiger partial charge in [0.05, 0.1) is 44.0 Å². The molecule has 7 rings (SSSR count). The zero-order valence-electron chi connectivity index (χ0n) is 20.2. The van der Waals surface area contributed by atoms with Gasteiger partial charge in [-0.15, -0.1) is 0 Å². The summed E-state index contributed by atoms with van der Waals surface area (Å²) in [7, 11) is 2.08. The lowest BCUT2D eigenvalue weighted by Gasteiger charge is -2.34. The van der Waals surface area contributed by atoms with E-state index < -0.39 is 0 Å². The van der Waals surface area contributed by atoms with E-state index in [9.17, 15) is 0 Å². The highest BCUT2D eigenvalue weighted by molar-refractivity contribution is 5.86. The Kier molecular flexibility index (Phi) is 5.00. The summed E-state index contributed by atoms with van der Waals surface area (Å²) in [6.45, 7) is 7.38. The second kappa shape index (κ2) is 8.25. The van der Waals surface area contributed by atoms with Gasteiger partial charge in [-0.3, -0.25) is 9.47 Å². The van der Waals surface area contributed by atoms with E-state index in [1.165, 1.54) is 12.8 Å². The Balaban J connectivity index is 1.38. The standard InChI is InChI=1S/C25H30N8O2/c1-16-26-19-5-3-4-6-20(19)33(16)25-28-23-22(24(29-25)31-9-11-34-12-10-31)27-21(30(23)2)13-32-17-7-8-18(32)15-35-14-17/h3-6,17-18H,7-15H2,1-2H3. The van der Waals surface area contributed by atoms with Crippen LogP contribution in [0.3, 0.4) is 0 Å². The molecule has 0 amide bonds. The molecule has 0 saturated carbocycles. The molecule has 3 saturated heterocycles. The Labute approximate surface area is 203 Å². The van der Waals surface area contributed by atoms with Crippen molar-refractivity contribution in [2.75, 3.05) is 44.4 Å².